The van der Waals surface area contributed by atoms with Crippen molar-refractivity contribution >= 4 is 0 Å². The standard InChI is InChI=1S/C6H13NO2/c1-5(7)6-4-8-2-3-9-6/h5-6H,2-4,7H2,1H3/t5-,6+/m0/s1. The Morgan fingerprint density at radius 3 is 2.67 bits per heavy atom. The molecule has 1 saturated heterocycles. The maximum absolute atomic E-state index is 5.56. The highest BCUT2D eigenvalue weighted by Gasteiger charge is 2.17. The summed E-state index contributed by atoms with van der Waals surface area (Å²) in [5.41, 5.74) is 5.56. The van der Waals surface area contributed by atoms with Gasteiger partial charge in [0, 0.05) is 6.04 Å². The van der Waals surface area contributed by atoms with Crippen molar-refractivity contribution in [3.8, 4) is 0 Å². The van der Waals surface area contributed by atoms with Gasteiger partial charge < -0.3 is 15.2 Å². The molecule has 0 amide bonds. The zero-order valence-electron chi connectivity index (χ0n) is 5.67. The van der Waals surface area contributed by atoms with Gasteiger partial charge in [0.05, 0.1) is 25.9 Å². The monoisotopic (exact) mass is 131 g/mol. The second kappa shape index (κ2) is 3.15. The van der Waals surface area contributed by atoms with Crippen LogP contribution in [0.4, 0.5) is 0 Å². The summed E-state index contributed by atoms with van der Waals surface area (Å²) < 4.78 is 10.4. The molecule has 1 rings (SSSR count). The van der Waals surface area contributed by atoms with Gasteiger partial charge >= 0.3 is 0 Å². The quantitative estimate of drug-likeness (QED) is 0.533. The minimum Gasteiger partial charge on any atom is -0.376 e. The molecule has 54 valence electrons. The minimum atomic E-state index is 0.0882. The van der Waals surface area contributed by atoms with Crippen molar-refractivity contribution in [2.45, 2.75) is 19.1 Å². The summed E-state index contributed by atoms with van der Waals surface area (Å²) in [5, 5.41) is 0. The summed E-state index contributed by atoms with van der Waals surface area (Å²) >= 11 is 0. The number of nitrogens with two attached hydrogens (primary N) is 1. The Balaban J connectivity index is 2.23. The Morgan fingerprint density at radius 2 is 2.33 bits per heavy atom. The largest absolute Gasteiger partial charge is 0.376 e. The third kappa shape index (κ3) is 1.93. The molecular weight excluding hydrogens is 118 g/mol. The average molecular weight is 131 g/mol. The van der Waals surface area contributed by atoms with Gasteiger partial charge in [0.1, 0.15) is 0 Å². The lowest BCUT2D eigenvalue weighted by Gasteiger charge is -2.25. The lowest BCUT2D eigenvalue weighted by atomic mass is 10.2. The lowest BCUT2D eigenvalue weighted by molar-refractivity contribution is -0.0948. The first-order valence-corrected chi connectivity index (χ1v) is 3.25. The van der Waals surface area contributed by atoms with Crippen molar-refractivity contribution in [3.63, 3.8) is 0 Å². The fourth-order valence-electron chi connectivity index (χ4n) is 0.810. The second-order valence-electron chi connectivity index (χ2n) is 2.34. The highest BCUT2D eigenvalue weighted by atomic mass is 16.6. The van der Waals surface area contributed by atoms with Gasteiger partial charge in [0.25, 0.3) is 0 Å². The van der Waals surface area contributed by atoms with Crippen molar-refractivity contribution in [1.82, 2.24) is 0 Å². The molecule has 3 nitrogen and oxygen atoms in total. The van der Waals surface area contributed by atoms with E-state index >= 15 is 0 Å². The van der Waals surface area contributed by atoms with E-state index in [4.69, 9.17) is 15.2 Å². The van der Waals surface area contributed by atoms with E-state index in [1.54, 1.807) is 0 Å². The maximum atomic E-state index is 5.56. The molecule has 0 spiro atoms. The first-order valence-electron chi connectivity index (χ1n) is 3.25. The van der Waals surface area contributed by atoms with E-state index in [0.29, 0.717) is 19.8 Å². The van der Waals surface area contributed by atoms with Crippen LogP contribution in [-0.4, -0.2) is 32.0 Å². The molecule has 0 saturated carbocycles. The van der Waals surface area contributed by atoms with Crippen molar-refractivity contribution in [2.24, 2.45) is 5.73 Å². The van der Waals surface area contributed by atoms with Gasteiger partial charge in [-0.05, 0) is 6.92 Å². The Hall–Kier alpha value is -0.120. The van der Waals surface area contributed by atoms with Gasteiger partial charge in [0.2, 0.25) is 0 Å². The van der Waals surface area contributed by atoms with Crippen molar-refractivity contribution in [3.05, 3.63) is 0 Å². The topological polar surface area (TPSA) is 44.5 Å². The van der Waals surface area contributed by atoms with Gasteiger partial charge in [-0.15, -0.1) is 0 Å². The van der Waals surface area contributed by atoms with E-state index in [1.807, 2.05) is 6.92 Å². The summed E-state index contributed by atoms with van der Waals surface area (Å²) in [6.45, 7) is 3.98. The minimum absolute atomic E-state index is 0.0882. The van der Waals surface area contributed by atoms with Crippen LogP contribution >= 0.6 is 0 Å². The molecule has 0 unspecified atom stereocenters. The summed E-state index contributed by atoms with van der Waals surface area (Å²) in [4.78, 5) is 0. The molecule has 1 fully saturated rings. The third-order valence-corrected chi connectivity index (χ3v) is 1.43. The number of hydrogen-bond acceptors (Lipinski definition) is 3. The van der Waals surface area contributed by atoms with Crippen LogP contribution in [0.2, 0.25) is 0 Å². The summed E-state index contributed by atoms with van der Waals surface area (Å²) in [6, 6.07) is 0.0882. The smallest absolute Gasteiger partial charge is 0.0957 e. The lowest BCUT2D eigenvalue weighted by Crippen LogP contribution is -2.41. The van der Waals surface area contributed by atoms with Crippen LogP contribution < -0.4 is 5.73 Å². The predicted octanol–water partition coefficient (Wildman–Crippen LogP) is -0.251. The predicted molar refractivity (Wildman–Crippen MR) is 34.2 cm³/mol. The second-order valence-corrected chi connectivity index (χ2v) is 2.34. The molecule has 0 radical (unpaired) electrons. The molecule has 1 aliphatic rings. The summed E-state index contributed by atoms with van der Waals surface area (Å²) in [5.74, 6) is 0. The highest BCUT2D eigenvalue weighted by Crippen LogP contribution is 2.02. The van der Waals surface area contributed by atoms with Crippen molar-refractivity contribution < 1.29 is 9.47 Å². The Morgan fingerprint density at radius 1 is 1.56 bits per heavy atom. The first kappa shape index (κ1) is 6.99. The normalized spacial score (nSPS) is 32.0. The van der Waals surface area contributed by atoms with E-state index in [1.165, 1.54) is 0 Å². The average Bonchev–Trinajstić information content (AvgIpc) is 1.90. The molecule has 1 aliphatic heterocycles. The molecule has 0 aromatic carbocycles. The van der Waals surface area contributed by atoms with Gasteiger partial charge in [-0.2, -0.15) is 0 Å². The van der Waals surface area contributed by atoms with E-state index in [-0.39, 0.29) is 12.1 Å². The van der Waals surface area contributed by atoms with Crippen LogP contribution in [0.15, 0.2) is 0 Å². The molecule has 3 heteroatoms. The molecule has 0 aliphatic carbocycles. The fourth-order valence-corrected chi connectivity index (χ4v) is 0.810. The molecule has 2 atom stereocenters. The zero-order chi connectivity index (χ0) is 6.69. The number of ether oxygens (including phenoxy) is 2. The summed E-state index contributed by atoms with van der Waals surface area (Å²) in [6.07, 6.45) is 0.110. The van der Waals surface area contributed by atoms with E-state index in [9.17, 15) is 0 Å². The van der Waals surface area contributed by atoms with Crippen LogP contribution in [0.5, 0.6) is 0 Å². The fraction of sp³-hybridized carbons (Fsp3) is 1.00. The molecule has 0 bridgehead atoms. The summed E-state index contributed by atoms with van der Waals surface area (Å²) in [7, 11) is 0. The molecule has 0 aromatic rings. The van der Waals surface area contributed by atoms with Crippen LogP contribution in [0.25, 0.3) is 0 Å². The third-order valence-electron chi connectivity index (χ3n) is 1.43. The molecule has 0 aromatic heterocycles. The first-order chi connectivity index (χ1) is 4.30. The van der Waals surface area contributed by atoms with Gasteiger partial charge in [0.15, 0.2) is 0 Å². The Labute approximate surface area is 55.1 Å². The zero-order valence-corrected chi connectivity index (χ0v) is 5.67. The SMILES string of the molecule is C[C@H](N)[C@H]1COCCO1. The molecular formula is C6H13NO2. The van der Waals surface area contributed by atoms with E-state index in [0.717, 1.165) is 0 Å². The van der Waals surface area contributed by atoms with Gasteiger partial charge in [-0.3, -0.25) is 0 Å². The highest BCUT2D eigenvalue weighted by molar-refractivity contribution is 4.69. The molecule has 1 heterocycles. The molecule has 9 heavy (non-hydrogen) atoms. The van der Waals surface area contributed by atoms with Crippen LogP contribution in [0.3, 0.4) is 0 Å². The van der Waals surface area contributed by atoms with Crippen LogP contribution in [0.1, 0.15) is 6.92 Å². The van der Waals surface area contributed by atoms with Crippen LogP contribution in [0, 0.1) is 0 Å². The Kier molecular flexibility index (Phi) is 2.45. The van der Waals surface area contributed by atoms with Crippen molar-refractivity contribution in [2.75, 3.05) is 19.8 Å². The maximum Gasteiger partial charge on any atom is 0.0957 e. The van der Waals surface area contributed by atoms with Gasteiger partial charge in [-0.1, -0.05) is 0 Å². The number of rotatable bonds is 1. The van der Waals surface area contributed by atoms with Crippen LogP contribution in [-0.2, 0) is 9.47 Å². The van der Waals surface area contributed by atoms with E-state index in [2.05, 4.69) is 0 Å². The van der Waals surface area contributed by atoms with E-state index < -0.39 is 0 Å². The van der Waals surface area contributed by atoms with Gasteiger partial charge in [-0.25, -0.2) is 0 Å². The molecule has 2 N–H and O–H groups in total. The Bertz CT molecular complexity index is 79.1. The van der Waals surface area contributed by atoms with Crippen molar-refractivity contribution in [1.29, 1.82) is 0 Å². The number of hydrogen-bond donors (Lipinski definition) is 1.